The number of methoxy groups -OCH3 is 1. The van der Waals surface area contributed by atoms with Crippen molar-refractivity contribution < 1.29 is 38.6 Å². The lowest BCUT2D eigenvalue weighted by atomic mass is 9.66. The van der Waals surface area contributed by atoms with Gasteiger partial charge >= 0.3 is 19.2 Å². The molecule has 0 unspecified atom stereocenters. The Morgan fingerprint density at radius 1 is 1.43 bits per heavy atom. The molecule has 3 rings (SSSR count). The summed E-state index contributed by atoms with van der Waals surface area (Å²) in [6, 6.07) is 3.16. The minimum Gasteiger partial charge on any atom is -0.534 e. The van der Waals surface area contributed by atoms with Gasteiger partial charge < -0.3 is 29.0 Å². The van der Waals surface area contributed by atoms with Crippen LogP contribution in [0.25, 0.3) is 0 Å². The van der Waals surface area contributed by atoms with Gasteiger partial charge in [-0.25, -0.2) is 9.59 Å². The lowest BCUT2D eigenvalue weighted by Crippen LogP contribution is -2.55. The van der Waals surface area contributed by atoms with E-state index < -0.39 is 23.9 Å². The molecule has 0 bridgehead atoms. The highest BCUT2D eigenvalue weighted by molar-refractivity contribution is 8.03. The number of thioether (sulfide) groups is 1. The Balaban J connectivity index is 1.96. The second kappa shape index (κ2) is 9.10. The van der Waals surface area contributed by atoms with E-state index in [0.717, 1.165) is 11.8 Å². The fourth-order valence-electron chi connectivity index (χ4n) is 2.91. The van der Waals surface area contributed by atoms with Crippen molar-refractivity contribution in [1.29, 1.82) is 0 Å². The summed E-state index contributed by atoms with van der Waals surface area (Å²) >= 11 is 2.38. The monoisotopic (exact) mass is 454 g/mol. The Morgan fingerprint density at radius 3 is 2.80 bits per heavy atom. The van der Waals surface area contributed by atoms with Gasteiger partial charge in [0, 0.05) is 0 Å². The van der Waals surface area contributed by atoms with Crippen molar-refractivity contribution in [3.8, 4) is 11.5 Å². The van der Waals surface area contributed by atoms with Crippen LogP contribution in [0.4, 0.5) is 4.79 Å². The first-order valence-corrected chi connectivity index (χ1v) is 10.5. The molecule has 2 aromatic rings. The minimum absolute atomic E-state index is 0.00703. The maximum Gasteiger partial charge on any atom is 0.544 e. The summed E-state index contributed by atoms with van der Waals surface area (Å²) in [6.07, 6.45) is -1.13. The van der Waals surface area contributed by atoms with Crippen molar-refractivity contribution in [3.63, 3.8) is 0 Å². The molecule has 1 aliphatic heterocycles. The number of fused-ring (bicyclic) bond motifs is 1. The van der Waals surface area contributed by atoms with Crippen LogP contribution in [-0.2, 0) is 15.9 Å². The maximum atomic E-state index is 11.9. The van der Waals surface area contributed by atoms with Crippen LogP contribution in [0.5, 0.6) is 11.5 Å². The van der Waals surface area contributed by atoms with Crippen molar-refractivity contribution in [2.45, 2.75) is 35.4 Å². The number of hydrogen-bond donors (Lipinski definition) is 2. The molecule has 0 saturated heterocycles. The van der Waals surface area contributed by atoms with Gasteiger partial charge in [-0.1, -0.05) is 29.2 Å². The third-order valence-electron chi connectivity index (χ3n) is 4.20. The molecule has 0 saturated carbocycles. The Bertz CT molecular complexity index is 927. The van der Waals surface area contributed by atoms with Gasteiger partial charge in [0.15, 0.2) is 4.34 Å². The van der Waals surface area contributed by atoms with E-state index in [4.69, 9.17) is 18.9 Å². The SMILES string of the molecule is COc1ccc2c(c1C(=O)O)OB(O)[C@@](COC(=O)OC(C)C)(Sc1nncs1)C2. The summed E-state index contributed by atoms with van der Waals surface area (Å²) in [5.74, 6) is -1.14. The number of carboxylic acids is 1. The second-order valence-electron chi connectivity index (χ2n) is 6.66. The fourth-order valence-corrected chi connectivity index (χ4v) is 4.94. The van der Waals surface area contributed by atoms with Crippen LogP contribution in [0.3, 0.4) is 0 Å². The van der Waals surface area contributed by atoms with E-state index in [1.54, 1.807) is 19.9 Å². The summed E-state index contributed by atoms with van der Waals surface area (Å²) in [5, 5.41) is 28.2. The van der Waals surface area contributed by atoms with Gasteiger partial charge in [-0.05, 0) is 31.9 Å². The van der Waals surface area contributed by atoms with E-state index >= 15 is 0 Å². The molecule has 10 nitrogen and oxygen atoms in total. The zero-order valence-corrected chi connectivity index (χ0v) is 18.0. The molecule has 1 aliphatic rings. The van der Waals surface area contributed by atoms with Gasteiger partial charge in [0.2, 0.25) is 0 Å². The summed E-state index contributed by atoms with van der Waals surface area (Å²) in [5.41, 5.74) is 1.85. The third kappa shape index (κ3) is 4.63. The van der Waals surface area contributed by atoms with E-state index in [-0.39, 0.29) is 36.2 Å². The number of aromatic nitrogens is 2. The first-order valence-electron chi connectivity index (χ1n) is 8.82. The van der Waals surface area contributed by atoms with Gasteiger partial charge in [-0.15, -0.1) is 10.2 Å². The van der Waals surface area contributed by atoms with E-state index in [1.165, 1.54) is 30.0 Å². The number of hydrogen-bond acceptors (Lipinski definition) is 11. The standard InChI is InChI=1S/C17H19BN2O8S2/c1-9(2)27-16(23)26-7-17(30-15-20-19-8-29-15)6-10-4-5-11(25-3)12(14(21)22)13(10)28-18(17)24/h4-5,8-9,24H,6-7H2,1-3H3,(H,21,22)/t17-/m1/s1. The van der Waals surface area contributed by atoms with Crippen molar-refractivity contribution in [2.75, 3.05) is 13.7 Å². The molecule has 0 amide bonds. The predicted octanol–water partition coefficient (Wildman–Crippen LogP) is 2.29. The Kier molecular flexibility index (Phi) is 6.73. The highest BCUT2D eigenvalue weighted by Crippen LogP contribution is 2.46. The van der Waals surface area contributed by atoms with Crippen molar-refractivity contribution in [3.05, 3.63) is 28.8 Å². The topological polar surface area (TPSA) is 137 Å². The molecule has 1 atom stereocenters. The lowest BCUT2D eigenvalue weighted by molar-refractivity contribution is 0.0312. The van der Waals surface area contributed by atoms with Crippen LogP contribution < -0.4 is 9.39 Å². The molecule has 0 aliphatic carbocycles. The predicted molar refractivity (Wildman–Crippen MR) is 108 cm³/mol. The molecular formula is C17H19BN2O8S2. The molecule has 30 heavy (non-hydrogen) atoms. The van der Waals surface area contributed by atoms with E-state index in [9.17, 15) is 19.7 Å². The number of rotatable bonds is 7. The van der Waals surface area contributed by atoms with Crippen LogP contribution in [0.2, 0.25) is 0 Å². The molecule has 13 heteroatoms. The minimum atomic E-state index is -1.52. The average molecular weight is 454 g/mol. The van der Waals surface area contributed by atoms with E-state index in [1.807, 2.05) is 0 Å². The summed E-state index contributed by atoms with van der Waals surface area (Å²) in [4.78, 5) is 23.7. The van der Waals surface area contributed by atoms with Crippen molar-refractivity contribution in [2.24, 2.45) is 0 Å². The van der Waals surface area contributed by atoms with Crippen LogP contribution in [0, 0.1) is 0 Å². The number of carbonyl (C=O) groups is 2. The third-order valence-corrected chi connectivity index (χ3v) is 6.35. The van der Waals surface area contributed by atoms with Gasteiger partial charge in [-0.2, -0.15) is 0 Å². The second-order valence-corrected chi connectivity index (χ2v) is 9.16. The zero-order chi connectivity index (χ0) is 21.9. The summed E-state index contributed by atoms with van der Waals surface area (Å²) in [6.45, 7) is 3.10. The fraction of sp³-hybridized carbons (Fsp3) is 0.412. The van der Waals surface area contributed by atoms with Gasteiger partial charge in [-0.3, -0.25) is 0 Å². The van der Waals surface area contributed by atoms with Crippen molar-refractivity contribution >= 4 is 42.3 Å². The molecule has 1 aromatic carbocycles. The largest absolute Gasteiger partial charge is 0.544 e. The molecule has 0 radical (unpaired) electrons. The Hall–Kier alpha value is -2.51. The van der Waals surface area contributed by atoms with Gasteiger partial charge in [0.25, 0.3) is 0 Å². The molecule has 1 aromatic heterocycles. The number of benzene rings is 1. The van der Waals surface area contributed by atoms with Gasteiger partial charge in [0.05, 0.1) is 13.2 Å². The number of ether oxygens (including phenoxy) is 3. The van der Waals surface area contributed by atoms with Crippen LogP contribution in [0.1, 0.15) is 29.8 Å². The zero-order valence-electron chi connectivity index (χ0n) is 16.4. The van der Waals surface area contributed by atoms with E-state index in [0.29, 0.717) is 9.90 Å². The van der Waals surface area contributed by atoms with Crippen LogP contribution in [0.15, 0.2) is 22.0 Å². The van der Waals surface area contributed by atoms with E-state index in [2.05, 4.69) is 10.2 Å². The summed E-state index contributed by atoms with van der Waals surface area (Å²) < 4.78 is 20.3. The number of nitrogens with zero attached hydrogens (tertiary/aromatic N) is 2. The first kappa shape index (κ1) is 22.2. The van der Waals surface area contributed by atoms with Crippen molar-refractivity contribution in [1.82, 2.24) is 10.2 Å². The first-order chi connectivity index (χ1) is 14.3. The van der Waals surface area contributed by atoms with Gasteiger partial charge in [0.1, 0.15) is 33.8 Å². The normalized spacial score (nSPS) is 17.8. The van der Waals surface area contributed by atoms with Crippen LogP contribution >= 0.6 is 23.1 Å². The highest BCUT2D eigenvalue weighted by atomic mass is 32.2. The summed E-state index contributed by atoms with van der Waals surface area (Å²) in [7, 11) is -0.173. The number of carbonyl (C=O) groups excluding carboxylic acids is 1. The molecule has 0 spiro atoms. The number of carboxylic acid groups (broad SMARTS) is 1. The smallest absolute Gasteiger partial charge is 0.534 e. The Labute approximate surface area is 180 Å². The van der Waals surface area contributed by atoms with Crippen LogP contribution in [-0.4, -0.2) is 64.0 Å². The number of aromatic carboxylic acids is 1. The molecule has 0 fully saturated rings. The lowest BCUT2D eigenvalue weighted by Gasteiger charge is -2.37. The molecule has 2 heterocycles. The molecule has 160 valence electrons. The maximum absolute atomic E-state index is 11.9. The molecular weight excluding hydrogens is 435 g/mol. The molecule has 2 N–H and O–H groups in total. The Morgan fingerprint density at radius 2 is 2.20 bits per heavy atom. The average Bonchev–Trinajstić information content (AvgIpc) is 3.18. The highest BCUT2D eigenvalue weighted by Gasteiger charge is 2.53. The quantitative estimate of drug-likeness (QED) is 0.471.